The molecule has 0 amide bonds. The first-order chi connectivity index (χ1) is 23.7. The van der Waals surface area contributed by atoms with E-state index in [1.165, 1.54) is 29.9 Å². The second-order valence-electron chi connectivity index (χ2n) is 11.0. The number of para-hydroxylation sites is 1. The molecule has 0 spiro atoms. The van der Waals surface area contributed by atoms with Crippen LogP contribution in [0.15, 0.2) is 100 Å². The zero-order valence-corrected chi connectivity index (χ0v) is 28.4. The van der Waals surface area contributed by atoms with E-state index in [1.54, 1.807) is 42.8 Å². The topological polar surface area (TPSA) is 123 Å². The predicted octanol–water partition coefficient (Wildman–Crippen LogP) is 4.98. The van der Waals surface area contributed by atoms with Crippen LogP contribution < -0.4 is 29.1 Å². The SMILES string of the molecule is CCOC(=O)C1=C(C)N=c2s/c(=C/c3cn(-c4ccccc4)nc3-c3ccc(OCC)cc3)c(=O)n2[C@H]1c1ccc(OC(C)=O)c(OC)c1. The van der Waals surface area contributed by atoms with Gasteiger partial charge in [0.05, 0.1) is 47.9 Å². The van der Waals surface area contributed by atoms with Crippen LogP contribution in [0.25, 0.3) is 23.0 Å². The van der Waals surface area contributed by atoms with Gasteiger partial charge in [-0.05, 0) is 80.9 Å². The van der Waals surface area contributed by atoms with Crippen LogP contribution in [-0.4, -0.2) is 46.6 Å². The summed E-state index contributed by atoms with van der Waals surface area (Å²) in [5.41, 5.74) is 3.92. The fraction of sp³-hybridized carbons (Fsp3) is 0.216. The van der Waals surface area contributed by atoms with E-state index in [0.29, 0.717) is 38.5 Å². The average Bonchev–Trinajstić information content (AvgIpc) is 3.65. The van der Waals surface area contributed by atoms with E-state index in [-0.39, 0.29) is 29.2 Å². The van der Waals surface area contributed by atoms with Gasteiger partial charge < -0.3 is 18.9 Å². The van der Waals surface area contributed by atoms with Crippen LogP contribution in [-0.2, 0) is 14.3 Å². The first kappa shape index (κ1) is 33.2. The van der Waals surface area contributed by atoms with Crippen molar-refractivity contribution in [2.24, 2.45) is 4.99 Å². The molecular formula is C37H34N4O7S. The molecule has 0 bridgehead atoms. The largest absolute Gasteiger partial charge is 0.494 e. The van der Waals surface area contributed by atoms with Crippen molar-refractivity contribution in [3.63, 3.8) is 0 Å². The Morgan fingerprint density at radius 1 is 0.980 bits per heavy atom. The van der Waals surface area contributed by atoms with Crippen LogP contribution in [0.4, 0.5) is 0 Å². The summed E-state index contributed by atoms with van der Waals surface area (Å²) in [5, 5.41) is 4.91. The molecule has 250 valence electrons. The minimum atomic E-state index is -0.893. The Hall–Kier alpha value is -5.75. The zero-order chi connectivity index (χ0) is 34.7. The quantitative estimate of drug-likeness (QED) is 0.150. The number of carbonyl (C=O) groups is 2. The number of benzene rings is 3. The van der Waals surface area contributed by atoms with Gasteiger partial charge in [0.15, 0.2) is 16.3 Å². The van der Waals surface area contributed by atoms with Crippen LogP contribution in [0.5, 0.6) is 17.2 Å². The van der Waals surface area contributed by atoms with Crippen molar-refractivity contribution in [3.8, 4) is 34.2 Å². The molecule has 0 fully saturated rings. The second kappa shape index (κ2) is 14.2. The van der Waals surface area contributed by atoms with E-state index in [1.807, 2.05) is 67.7 Å². The van der Waals surface area contributed by atoms with Gasteiger partial charge in [-0.25, -0.2) is 14.5 Å². The number of rotatable bonds is 10. The van der Waals surface area contributed by atoms with Crippen LogP contribution in [0.3, 0.4) is 0 Å². The molecule has 49 heavy (non-hydrogen) atoms. The molecule has 1 aliphatic rings. The lowest BCUT2D eigenvalue weighted by Crippen LogP contribution is -2.40. The summed E-state index contributed by atoms with van der Waals surface area (Å²) in [6, 6.07) is 21.4. The van der Waals surface area contributed by atoms with Gasteiger partial charge in [-0.2, -0.15) is 5.10 Å². The molecule has 0 saturated carbocycles. The second-order valence-corrected chi connectivity index (χ2v) is 12.0. The molecule has 0 saturated heterocycles. The van der Waals surface area contributed by atoms with Gasteiger partial charge in [-0.3, -0.25) is 14.2 Å². The lowest BCUT2D eigenvalue weighted by atomic mass is 9.95. The molecule has 0 aliphatic carbocycles. The third kappa shape index (κ3) is 6.68. The number of methoxy groups -OCH3 is 1. The third-order valence-corrected chi connectivity index (χ3v) is 8.75. The van der Waals surface area contributed by atoms with Crippen LogP contribution in [0.2, 0.25) is 0 Å². The number of fused-ring (bicyclic) bond motifs is 1. The van der Waals surface area contributed by atoms with E-state index in [9.17, 15) is 14.4 Å². The molecule has 1 aliphatic heterocycles. The van der Waals surface area contributed by atoms with Gasteiger partial charge in [0.2, 0.25) is 0 Å². The molecule has 12 heteroatoms. The Balaban J connectivity index is 1.54. The molecular weight excluding hydrogens is 644 g/mol. The molecule has 6 rings (SSSR count). The highest BCUT2D eigenvalue weighted by Crippen LogP contribution is 2.36. The minimum absolute atomic E-state index is 0.140. The summed E-state index contributed by atoms with van der Waals surface area (Å²) in [4.78, 5) is 44.6. The zero-order valence-electron chi connectivity index (χ0n) is 27.6. The van der Waals surface area contributed by atoms with Crippen molar-refractivity contribution in [1.82, 2.24) is 14.3 Å². The molecule has 5 aromatic rings. The molecule has 1 atom stereocenters. The average molecular weight is 679 g/mol. The van der Waals surface area contributed by atoms with E-state index in [4.69, 9.17) is 29.0 Å². The summed E-state index contributed by atoms with van der Waals surface area (Å²) in [5.74, 6) is 0.117. The lowest BCUT2D eigenvalue weighted by molar-refractivity contribution is -0.139. The molecule has 3 heterocycles. The summed E-state index contributed by atoms with van der Waals surface area (Å²) in [7, 11) is 1.45. The van der Waals surface area contributed by atoms with E-state index >= 15 is 0 Å². The predicted molar refractivity (Wildman–Crippen MR) is 185 cm³/mol. The summed E-state index contributed by atoms with van der Waals surface area (Å²) < 4.78 is 25.6. The summed E-state index contributed by atoms with van der Waals surface area (Å²) in [6.07, 6.45) is 3.68. The number of nitrogens with zero attached hydrogens (tertiary/aromatic N) is 4. The fourth-order valence-electron chi connectivity index (χ4n) is 5.65. The van der Waals surface area contributed by atoms with Crippen LogP contribution >= 0.6 is 11.3 Å². The Bertz CT molecular complexity index is 2250. The first-order valence-corrected chi connectivity index (χ1v) is 16.5. The third-order valence-electron chi connectivity index (χ3n) is 7.76. The first-order valence-electron chi connectivity index (χ1n) is 15.7. The molecule has 11 nitrogen and oxygen atoms in total. The number of ether oxygens (including phenoxy) is 4. The highest BCUT2D eigenvalue weighted by atomic mass is 32.1. The lowest BCUT2D eigenvalue weighted by Gasteiger charge is -2.25. The molecule has 2 aromatic heterocycles. The Morgan fingerprint density at radius 3 is 2.41 bits per heavy atom. The summed E-state index contributed by atoms with van der Waals surface area (Å²) in [6.45, 7) is 7.35. The number of allylic oxidation sites excluding steroid dienone is 1. The molecule has 0 N–H and O–H groups in total. The number of hydrogen-bond acceptors (Lipinski definition) is 10. The van der Waals surface area contributed by atoms with Gasteiger partial charge in [-0.1, -0.05) is 35.6 Å². The maximum absolute atomic E-state index is 14.4. The monoisotopic (exact) mass is 678 g/mol. The van der Waals surface area contributed by atoms with Gasteiger partial charge in [0, 0.05) is 24.2 Å². The van der Waals surface area contributed by atoms with Gasteiger partial charge in [0.25, 0.3) is 5.56 Å². The van der Waals surface area contributed by atoms with Crippen molar-refractivity contribution in [2.45, 2.75) is 33.7 Å². The van der Waals surface area contributed by atoms with Crippen LogP contribution in [0.1, 0.15) is 44.9 Å². The Kier molecular flexibility index (Phi) is 9.58. The van der Waals surface area contributed by atoms with Crippen molar-refractivity contribution in [3.05, 3.63) is 121 Å². The van der Waals surface area contributed by atoms with Gasteiger partial charge in [-0.15, -0.1) is 0 Å². The standard InChI is InChI=1S/C37H34N4O7S/c1-6-46-28-16-13-24(14-17-28)33-26(21-40(39-33)27-11-9-8-10-12-27)20-31-35(43)41-34(25-15-18-29(48-23(4)42)30(19-25)45-5)32(36(44)47-7-2)22(3)38-37(41)49-31/h8-21,34H,6-7H2,1-5H3/b31-20+/t34-/m0/s1. The number of esters is 2. The maximum atomic E-state index is 14.4. The summed E-state index contributed by atoms with van der Waals surface area (Å²) >= 11 is 1.21. The fourth-order valence-corrected chi connectivity index (χ4v) is 6.69. The Labute approximate surface area is 286 Å². The number of aromatic nitrogens is 3. The number of hydrogen-bond donors (Lipinski definition) is 0. The van der Waals surface area contributed by atoms with E-state index in [2.05, 4.69) is 0 Å². The van der Waals surface area contributed by atoms with Crippen molar-refractivity contribution >= 4 is 29.4 Å². The molecule has 3 aromatic carbocycles. The smallest absolute Gasteiger partial charge is 0.338 e. The Morgan fingerprint density at radius 2 is 1.73 bits per heavy atom. The van der Waals surface area contributed by atoms with Crippen molar-refractivity contribution in [1.29, 1.82) is 0 Å². The molecule has 0 radical (unpaired) electrons. The normalized spacial score (nSPS) is 14.2. The highest BCUT2D eigenvalue weighted by Gasteiger charge is 2.34. The maximum Gasteiger partial charge on any atom is 0.338 e. The van der Waals surface area contributed by atoms with E-state index < -0.39 is 18.0 Å². The van der Waals surface area contributed by atoms with Crippen molar-refractivity contribution in [2.75, 3.05) is 20.3 Å². The number of thiazole rings is 1. The van der Waals surface area contributed by atoms with Gasteiger partial charge >= 0.3 is 11.9 Å². The molecule has 0 unspecified atom stereocenters. The van der Waals surface area contributed by atoms with Gasteiger partial charge in [0.1, 0.15) is 11.4 Å². The van der Waals surface area contributed by atoms with E-state index in [0.717, 1.165) is 17.0 Å². The number of carbonyl (C=O) groups excluding carboxylic acids is 2. The van der Waals surface area contributed by atoms with Crippen LogP contribution in [0, 0.1) is 0 Å². The van der Waals surface area contributed by atoms with Crippen molar-refractivity contribution < 1.29 is 28.5 Å². The minimum Gasteiger partial charge on any atom is -0.494 e. The highest BCUT2D eigenvalue weighted by molar-refractivity contribution is 7.07.